The second-order valence-corrected chi connectivity index (χ2v) is 5.16. The highest BCUT2D eigenvalue weighted by Gasteiger charge is 2.24. The number of likely N-dealkylation sites (tertiary alicyclic amines) is 1. The predicted molar refractivity (Wildman–Crippen MR) is 54.9 cm³/mol. The van der Waals surface area contributed by atoms with Gasteiger partial charge in [0.15, 0.2) is 0 Å². The van der Waals surface area contributed by atoms with E-state index in [1.54, 1.807) is 0 Å². The van der Waals surface area contributed by atoms with Crippen molar-refractivity contribution in [1.29, 1.82) is 0 Å². The molecule has 0 aromatic rings. The molecule has 1 rings (SSSR count). The van der Waals surface area contributed by atoms with Gasteiger partial charge < -0.3 is 4.90 Å². The molecule has 14 heavy (non-hydrogen) atoms. The second-order valence-electron chi connectivity index (χ2n) is 5.16. The van der Waals surface area contributed by atoms with E-state index in [-0.39, 0.29) is 17.1 Å². The zero-order valence-corrected chi connectivity index (χ0v) is 9.30. The number of carbonyl (C=O) groups excluding carboxylic acids is 2. The zero-order valence-electron chi connectivity index (χ0n) is 9.30. The van der Waals surface area contributed by atoms with Crippen molar-refractivity contribution in [3.63, 3.8) is 0 Å². The van der Waals surface area contributed by atoms with Gasteiger partial charge in [0.1, 0.15) is 5.78 Å². The SMILES string of the molecule is CC(C)(C)CC(=O)N1CCC(=O)CC1. The van der Waals surface area contributed by atoms with E-state index in [1.165, 1.54) is 0 Å². The summed E-state index contributed by atoms with van der Waals surface area (Å²) < 4.78 is 0. The van der Waals surface area contributed by atoms with Gasteiger partial charge in [0.25, 0.3) is 0 Å². The maximum absolute atomic E-state index is 11.7. The van der Waals surface area contributed by atoms with E-state index in [4.69, 9.17) is 0 Å². The molecule has 0 bridgehead atoms. The summed E-state index contributed by atoms with van der Waals surface area (Å²) in [5, 5.41) is 0. The van der Waals surface area contributed by atoms with Crippen LogP contribution in [0.3, 0.4) is 0 Å². The fraction of sp³-hybridized carbons (Fsp3) is 0.818. The Kier molecular flexibility index (Phi) is 3.29. The minimum Gasteiger partial charge on any atom is -0.342 e. The molecule has 0 unspecified atom stereocenters. The zero-order chi connectivity index (χ0) is 10.8. The van der Waals surface area contributed by atoms with Crippen LogP contribution in [-0.4, -0.2) is 29.7 Å². The number of nitrogens with zero attached hydrogens (tertiary/aromatic N) is 1. The van der Waals surface area contributed by atoms with Gasteiger partial charge in [-0.1, -0.05) is 20.8 Å². The van der Waals surface area contributed by atoms with Crippen LogP contribution in [0.1, 0.15) is 40.0 Å². The molecule has 1 saturated heterocycles. The third-order valence-electron chi connectivity index (χ3n) is 2.36. The Morgan fingerprint density at radius 1 is 1.29 bits per heavy atom. The normalized spacial score (nSPS) is 18.5. The molecule has 0 N–H and O–H groups in total. The van der Waals surface area contributed by atoms with E-state index < -0.39 is 0 Å². The van der Waals surface area contributed by atoms with Gasteiger partial charge in [-0.15, -0.1) is 0 Å². The van der Waals surface area contributed by atoms with Crippen LogP contribution in [0.5, 0.6) is 0 Å². The van der Waals surface area contributed by atoms with Crippen molar-refractivity contribution in [2.24, 2.45) is 5.41 Å². The average Bonchev–Trinajstić information content (AvgIpc) is 2.02. The van der Waals surface area contributed by atoms with Gasteiger partial charge in [0.2, 0.25) is 5.91 Å². The first-order valence-electron chi connectivity index (χ1n) is 5.18. The van der Waals surface area contributed by atoms with E-state index in [1.807, 2.05) is 4.90 Å². The van der Waals surface area contributed by atoms with Crippen molar-refractivity contribution in [2.45, 2.75) is 40.0 Å². The Hall–Kier alpha value is -0.860. The van der Waals surface area contributed by atoms with Gasteiger partial charge in [-0.25, -0.2) is 0 Å². The molecule has 3 nitrogen and oxygen atoms in total. The van der Waals surface area contributed by atoms with Gasteiger partial charge in [0.05, 0.1) is 0 Å². The summed E-state index contributed by atoms with van der Waals surface area (Å²) >= 11 is 0. The van der Waals surface area contributed by atoms with Crippen LogP contribution in [-0.2, 0) is 9.59 Å². The van der Waals surface area contributed by atoms with Crippen molar-refractivity contribution in [3.05, 3.63) is 0 Å². The van der Waals surface area contributed by atoms with Crippen LogP contribution in [0.4, 0.5) is 0 Å². The standard InChI is InChI=1S/C11H19NO2/c1-11(2,3)8-10(14)12-6-4-9(13)5-7-12/h4-8H2,1-3H3. The second kappa shape index (κ2) is 4.11. The molecule has 1 aliphatic rings. The molecular weight excluding hydrogens is 178 g/mol. The molecular formula is C11H19NO2. The number of carbonyl (C=O) groups is 2. The fourth-order valence-electron chi connectivity index (χ4n) is 1.57. The molecule has 0 aromatic carbocycles. The lowest BCUT2D eigenvalue weighted by Crippen LogP contribution is -2.40. The van der Waals surface area contributed by atoms with Gasteiger partial charge >= 0.3 is 0 Å². The molecule has 0 saturated carbocycles. The summed E-state index contributed by atoms with van der Waals surface area (Å²) in [5.41, 5.74) is 0.0402. The molecule has 1 heterocycles. The lowest BCUT2D eigenvalue weighted by Gasteiger charge is -2.29. The number of Topliss-reactive ketones (excluding diaryl/α,β-unsaturated/α-hetero) is 1. The van der Waals surface area contributed by atoms with Crippen molar-refractivity contribution in [1.82, 2.24) is 4.90 Å². The Bertz CT molecular complexity index is 230. The van der Waals surface area contributed by atoms with E-state index in [0.717, 1.165) is 0 Å². The molecule has 80 valence electrons. The molecule has 0 aromatic heterocycles. The average molecular weight is 197 g/mol. The smallest absolute Gasteiger partial charge is 0.223 e. The maximum Gasteiger partial charge on any atom is 0.223 e. The Balaban J connectivity index is 2.42. The molecule has 0 atom stereocenters. The van der Waals surface area contributed by atoms with Crippen molar-refractivity contribution in [2.75, 3.05) is 13.1 Å². The van der Waals surface area contributed by atoms with Crippen molar-refractivity contribution >= 4 is 11.7 Å². The summed E-state index contributed by atoms with van der Waals surface area (Å²) in [6.45, 7) is 7.40. The Morgan fingerprint density at radius 3 is 2.21 bits per heavy atom. The van der Waals surface area contributed by atoms with E-state index in [2.05, 4.69) is 20.8 Å². The first-order chi connectivity index (χ1) is 6.38. The maximum atomic E-state index is 11.7. The van der Waals surface area contributed by atoms with E-state index in [9.17, 15) is 9.59 Å². The highest BCUT2D eigenvalue weighted by molar-refractivity contribution is 5.83. The largest absolute Gasteiger partial charge is 0.342 e. The number of hydrogen-bond acceptors (Lipinski definition) is 2. The number of hydrogen-bond donors (Lipinski definition) is 0. The van der Waals surface area contributed by atoms with Crippen molar-refractivity contribution in [3.8, 4) is 0 Å². The fourth-order valence-corrected chi connectivity index (χ4v) is 1.57. The van der Waals surface area contributed by atoms with Crippen LogP contribution in [0.2, 0.25) is 0 Å². The summed E-state index contributed by atoms with van der Waals surface area (Å²) in [6.07, 6.45) is 1.65. The monoisotopic (exact) mass is 197 g/mol. The Morgan fingerprint density at radius 2 is 1.79 bits per heavy atom. The Labute approximate surface area is 85.5 Å². The van der Waals surface area contributed by atoms with Crippen molar-refractivity contribution < 1.29 is 9.59 Å². The number of piperidine rings is 1. The molecule has 1 fully saturated rings. The quantitative estimate of drug-likeness (QED) is 0.640. The van der Waals surface area contributed by atoms with Gasteiger partial charge in [-0.2, -0.15) is 0 Å². The predicted octanol–water partition coefficient (Wildman–Crippen LogP) is 1.61. The molecule has 1 amide bonds. The topological polar surface area (TPSA) is 37.4 Å². The summed E-state index contributed by atoms with van der Waals surface area (Å²) in [5.74, 6) is 0.467. The first kappa shape index (κ1) is 11.2. The van der Waals surface area contributed by atoms with E-state index in [0.29, 0.717) is 32.4 Å². The minimum atomic E-state index is 0.0402. The number of amides is 1. The summed E-state index contributed by atoms with van der Waals surface area (Å²) in [6, 6.07) is 0. The lowest BCUT2D eigenvalue weighted by atomic mass is 9.91. The van der Waals surface area contributed by atoms with Crippen LogP contribution in [0.25, 0.3) is 0 Å². The molecule has 0 aliphatic carbocycles. The lowest BCUT2D eigenvalue weighted by molar-refractivity contribution is -0.136. The summed E-state index contributed by atoms with van der Waals surface area (Å²) in [7, 11) is 0. The van der Waals surface area contributed by atoms with Crippen LogP contribution >= 0.6 is 0 Å². The van der Waals surface area contributed by atoms with Crippen LogP contribution < -0.4 is 0 Å². The molecule has 0 spiro atoms. The van der Waals surface area contributed by atoms with Gasteiger partial charge in [-0.3, -0.25) is 9.59 Å². The first-order valence-corrected chi connectivity index (χ1v) is 5.18. The number of rotatable bonds is 1. The highest BCUT2D eigenvalue weighted by atomic mass is 16.2. The third kappa shape index (κ3) is 3.48. The van der Waals surface area contributed by atoms with Gasteiger partial charge in [0, 0.05) is 32.4 Å². The molecule has 0 radical (unpaired) electrons. The van der Waals surface area contributed by atoms with E-state index >= 15 is 0 Å². The summed E-state index contributed by atoms with van der Waals surface area (Å²) in [4.78, 5) is 24.5. The minimum absolute atomic E-state index is 0.0402. The van der Waals surface area contributed by atoms with Gasteiger partial charge in [-0.05, 0) is 5.41 Å². The molecule has 3 heteroatoms. The highest BCUT2D eigenvalue weighted by Crippen LogP contribution is 2.20. The number of ketones is 1. The van der Waals surface area contributed by atoms with Crippen LogP contribution in [0.15, 0.2) is 0 Å². The third-order valence-corrected chi connectivity index (χ3v) is 2.36. The van der Waals surface area contributed by atoms with Crippen LogP contribution in [0, 0.1) is 5.41 Å². The molecule has 1 aliphatic heterocycles.